The summed E-state index contributed by atoms with van der Waals surface area (Å²) in [5.74, 6) is 1.02. The fraction of sp³-hybridized carbons (Fsp3) is 0.115. The van der Waals surface area contributed by atoms with Crippen LogP contribution in [-0.2, 0) is 0 Å². The van der Waals surface area contributed by atoms with Gasteiger partial charge in [0.15, 0.2) is 5.13 Å². The third kappa shape index (κ3) is 3.99. The van der Waals surface area contributed by atoms with E-state index >= 15 is 0 Å². The average molecular weight is 472 g/mol. The number of anilines is 1. The van der Waals surface area contributed by atoms with Gasteiger partial charge in [0.1, 0.15) is 11.5 Å². The van der Waals surface area contributed by atoms with Crippen molar-refractivity contribution >= 4 is 43.4 Å². The van der Waals surface area contributed by atoms with Gasteiger partial charge in [-0.1, -0.05) is 35.6 Å². The van der Waals surface area contributed by atoms with Crippen LogP contribution in [0, 0.1) is 0 Å². The van der Waals surface area contributed by atoms with E-state index in [1.54, 1.807) is 61.8 Å². The summed E-state index contributed by atoms with van der Waals surface area (Å²) in [4.78, 5) is 31.1. The minimum absolute atomic E-state index is 0.219. The summed E-state index contributed by atoms with van der Waals surface area (Å²) in [5.41, 5.74) is 1.53. The van der Waals surface area contributed by atoms with Crippen LogP contribution < -0.4 is 20.3 Å². The van der Waals surface area contributed by atoms with Gasteiger partial charge in [-0.25, -0.2) is 4.98 Å². The Morgan fingerprint density at radius 1 is 1.03 bits per heavy atom. The number of thiazole rings is 1. The maximum absolute atomic E-state index is 13.4. The van der Waals surface area contributed by atoms with Crippen molar-refractivity contribution < 1.29 is 14.3 Å². The van der Waals surface area contributed by atoms with Gasteiger partial charge >= 0.3 is 0 Å². The number of aromatic nitrogens is 2. The fourth-order valence-corrected chi connectivity index (χ4v) is 4.69. The van der Waals surface area contributed by atoms with Gasteiger partial charge in [0, 0.05) is 23.0 Å². The number of pyridine rings is 1. The Morgan fingerprint density at radius 3 is 2.65 bits per heavy atom. The van der Waals surface area contributed by atoms with E-state index < -0.39 is 0 Å². The molecule has 7 nitrogen and oxygen atoms in total. The lowest BCUT2D eigenvalue weighted by Gasteiger charge is -2.13. The molecule has 0 atom stereocenters. The summed E-state index contributed by atoms with van der Waals surface area (Å²) in [7, 11) is 1.57. The van der Waals surface area contributed by atoms with Gasteiger partial charge < -0.3 is 9.47 Å². The van der Waals surface area contributed by atoms with E-state index in [1.807, 2.05) is 25.1 Å². The van der Waals surface area contributed by atoms with Gasteiger partial charge in [-0.15, -0.1) is 0 Å². The Morgan fingerprint density at radius 2 is 1.85 bits per heavy atom. The molecular formula is C26H21N3O4S. The molecule has 0 aliphatic rings. The van der Waals surface area contributed by atoms with E-state index in [4.69, 9.17) is 9.47 Å². The van der Waals surface area contributed by atoms with E-state index in [0.29, 0.717) is 39.5 Å². The van der Waals surface area contributed by atoms with Crippen molar-refractivity contribution in [3.63, 3.8) is 0 Å². The van der Waals surface area contributed by atoms with Crippen molar-refractivity contribution in [1.82, 2.24) is 9.55 Å². The molecule has 0 radical (unpaired) electrons. The second kappa shape index (κ2) is 8.99. The van der Waals surface area contributed by atoms with Crippen LogP contribution in [0.4, 0.5) is 5.13 Å². The number of carbonyl (C=O) groups excluding carboxylic acids is 1. The van der Waals surface area contributed by atoms with E-state index in [1.165, 1.54) is 15.9 Å². The molecule has 5 aromatic rings. The van der Waals surface area contributed by atoms with Crippen LogP contribution in [0.2, 0.25) is 0 Å². The third-order valence-electron chi connectivity index (χ3n) is 5.39. The highest BCUT2D eigenvalue weighted by Gasteiger charge is 2.17. The zero-order valence-electron chi connectivity index (χ0n) is 18.6. The maximum Gasteiger partial charge on any atom is 0.262 e. The Hall–Kier alpha value is -4.17. The van der Waals surface area contributed by atoms with Crippen LogP contribution in [0.25, 0.3) is 26.7 Å². The van der Waals surface area contributed by atoms with Crippen molar-refractivity contribution in [2.75, 3.05) is 19.0 Å². The van der Waals surface area contributed by atoms with Crippen LogP contribution >= 0.6 is 11.3 Å². The molecule has 0 spiro atoms. The molecule has 1 N–H and O–H groups in total. The van der Waals surface area contributed by atoms with E-state index in [0.717, 1.165) is 16.0 Å². The quantitative estimate of drug-likeness (QED) is 0.365. The summed E-state index contributed by atoms with van der Waals surface area (Å²) in [5, 5.41) is 4.39. The number of amides is 1. The molecule has 3 aromatic carbocycles. The fourth-order valence-electron chi connectivity index (χ4n) is 3.80. The van der Waals surface area contributed by atoms with Crippen LogP contribution in [0.3, 0.4) is 0 Å². The maximum atomic E-state index is 13.4. The van der Waals surface area contributed by atoms with E-state index in [9.17, 15) is 9.59 Å². The topological polar surface area (TPSA) is 82.4 Å². The Bertz CT molecular complexity index is 1590. The Kier molecular flexibility index (Phi) is 5.73. The first kappa shape index (κ1) is 21.7. The van der Waals surface area contributed by atoms with Gasteiger partial charge in [-0.05, 0) is 43.3 Å². The summed E-state index contributed by atoms with van der Waals surface area (Å²) in [6.45, 7) is 2.50. The van der Waals surface area contributed by atoms with E-state index in [2.05, 4.69) is 10.3 Å². The Labute approximate surface area is 199 Å². The number of fused-ring (bicyclic) bond motifs is 2. The minimum Gasteiger partial charge on any atom is -0.497 e. The van der Waals surface area contributed by atoms with E-state index in [-0.39, 0.29) is 11.5 Å². The third-order valence-corrected chi connectivity index (χ3v) is 6.33. The summed E-state index contributed by atoms with van der Waals surface area (Å²) in [6.07, 6.45) is 1.56. The van der Waals surface area contributed by atoms with Crippen molar-refractivity contribution in [3.05, 3.63) is 88.8 Å². The Balaban J connectivity index is 1.57. The lowest BCUT2D eigenvalue weighted by atomic mass is 10.1. The second-order valence-corrected chi connectivity index (χ2v) is 8.53. The highest BCUT2D eigenvalue weighted by atomic mass is 32.1. The predicted octanol–water partition coefficient (Wildman–Crippen LogP) is 5.26. The molecule has 5 rings (SSSR count). The smallest absolute Gasteiger partial charge is 0.262 e. The number of nitrogens with one attached hydrogen (secondary N) is 1. The average Bonchev–Trinajstić information content (AvgIpc) is 3.26. The van der Waals surface area contributed by atoms with Crippen molar-refractivity contribution in [3.8, 4) is 17.2 Å². The lowest BCUT2D eigenvalue weighted by Crippen LogP contribution is -2.22. The van der Waals surface area contributed by atoms with Crippen LogP contribution in [0.5, 0.6) is 11.5 Å². The largest absolute Gasteiger partial charge is 0.497 e. The molecule has 0 bridgehead atoms. The standard InChI is InChI=1S/C26H21N3O4S/c1-3-33-18-11-12-22-23(14-18)34-26(27-22)28-24(30)21-15-29(16-7-6-8-17(13-16)32-2)25(31)20-10-5-4-9-19(20)21/h4-15H,3H2,1-2H3,(H,27,28,30). The first-order chi connectivity index (χ1) is 16.6. The second-order valence-electron chi connectivity index (χ2n) is 7.50. The van der Waals surface area contributed by atoms with Gasteiger partial charge in [-0.2, -0.15) is 0 Å². The first-order valence-electron chi connectivity index (χ1n) is 10.7. The molecular weight excluding hydrogens is 450 g/mol. The summed E-state index contributed by atoms with van der Waals surface area (Å²) >= 11 is 1.37. The van der Waals surface area contributed by atoms with Gasteiger partial charge in [-0.3, -0.25) is 19.5 Å². The van der Waals surface area contributed by atoms with Gasteiger partial charge in [0.2, 0.25) is 0 Å². The number of rotatable bonds is 6. The van der Waals surface area contributed by atoms with Crippen molar-refractivity contribution in [2.24, 2.45) is 0 Å². The number of ether oxygens (including phenoxy) is 2. The molecule has 170 valence electrons. The highest BCUT2D eigenvalue weighted by molar-refractivity contribution is 7.22. The summed E-state index contributed by atoms with van der Waals surface area (Å²) in [6, 6.07) is 19.9. The molecule has 0 aliphatic carbocycles. The zero-order valence-corrected chi connectivity index (χ0v) is 19.4. The first-order valence-corrected chi connectivity index (χ1v) is 11.5. The molecule has 8 heteroatoms. The predicted molar refractivity (Wildman–Crippen MR) is 135 cm³/mol. The molecule has 0 saturated carbocycles. The highest BCUT2D eigenvalue weighted by Crippen LogP contribution is 2.30. The molecule has 0 fully saturated rings. The lowest BCUT2D eigenvalue weighted by molar-refractivity contribution is 0.102. The van der Waals surface area contributed by atoms with Gasteiger partial charge in [0.05, 0.1) is 35.2 Å². The summed E-state index contributed by atoms with van der Waals surface area (Å²) < 4.78 is 13.2. The monoisotopic (exact) mass is 471 g/mol. The number of hydrogen-bond donors (Lipinski definition) is 1. The molecule has 0 saturated heterocycles. The van der Waals surface area contributed by atoms with Crippen molar-refractivity contribution in [1.29, 1.82) is 0 Å². The van der Waals surface area contributed by atoms with Crippen molar-refractivity contribution in [2.45, 2.75) is 6.92 Å². The van der Waals surface area contributed by atoms with Crippen LogP contribution in [-0.4, -0.2) is 29.2 Å². The number of carbonyl (C=O) groups is 1. The normalized spacial score (nSPS) is 11.0. The number of hydrogen-bond acceptors (Lipinski definition) is 6. The van der Waals surface area contributed by atoms with Crippen LogP contribution in [0.1, 0.15) is 17.3 Å². The zero-order chi connectivity index (χ0) is 23.7. The number of methoxy groups -OCH3 is 1. The molecule has 2 heterocycles. The van der Waals surface area contributed by atoms with Gasteiger partial charge in [0.25, 0.3) is 11.5 Å². The molecule has 0 aliphatic heterocycles. The minimum atomic E-state index is -0.350. The van der Waals surface area contributed by atoms with Crippen LogP contribution in [0.15, 0.2) is 77.7 Å². The number of nitrogens with zero attached hydrogens (tertiary/aromatic N) is 2. The molecule has 1 amide bonds. The number of benzene rings is 3. The molecule has 34 heavy (non-hydrogen) atoms. The SMILES string of the molecule is CCOc1ccc2nc(NC(=O)c3cn(-c4cccc(OC)c4)c(=O)c4ccccc34)sc2c1. The molecule has 2 aromatic heterocycles. The molecule has 0 unspecified atom stereocenters.